The standard InChI is InChI=1S/C26H30N2O4/c1-17(2)32-20-13-11-19(12-14-20)28-25(29)23(21-9-5-6-10-22(21)31-4)24(26(28)30)27-15-7-8-18(3)16-27/h5-6,9-14,17-18H,7-8,15-16H2,1-4H3. The SMILES string of the molecule is COc1ccccc1C1=C(N2CCCC(C)C2)C(=O)N(c2ccc(OC(C)C)cc2)C1=O. The highest BCUT2D eigenvalue weighted by Gasteiger charge is 2.43. The number of carbonyl (C=O) groups is 2. The van der Waals surface area contributed by atoms with Crippen LogP contribution in [0.4, 0.5) is 5.69 Å². The summed E-state index contributed by atoms with van der Waals surface area (Å²) in [7, 11) is 1.58. The predicted octanol–water partition coefficient (Wildman–Crippen LogP) is 4.50. The Morgan fingerprint density at radius 3 is 2.38 bits per heavy atom. The summed E-state index contributed by atoms with van der Waals surface area (Å²) in [4.78, 5) is 30.8. The number of likely N-dealkylation sites (tertiary alicyclic amines) is 1. The Morgan fingerprint density at radius 1 is 1.00 bits per heavy atom. The van der Waals surface area contributed by atoms with Gasteiger partial charge in [-0.2, -0.15) is 0 Å². The van der Waals surface area contributed by atoms with E-state index in [1.807, 2.05) is 38.1 Å². The number of para-hydroxylation sites is 1. The molecule has 0 radical (unpaired) electrons. The third-order valence-corrected chi connectivity index (χ3v) is 5.88. The number of rotatable bonds is 6. The van der Waals surface area contributed by atoms with Crippen LogP contribution in [0.15, 0.2) is 54.2 Å². The van der Waals surface area contributed by atoms with E-state index >= 15 is 0 Å². The van der Waals surface area contributed by atoms with Crippen LogP contribution in [0.2, 0.25) is 0 Å². The lowest BCUT2D eigenvalue weighted by Crippen LogP contribution is -2.39. The van der Waals surface area contributed by atoms with Gasteiger partial charge in [-0.15, -0.1) is 0 Å². The number of methoxy groups -OCH3 is 1. The molecule has 1 saturated heterocycles. The molecule has 168 valence electrons. The fourth-order valence-electron chi connectivity index (χ4n) is 4.48. The second-order valence-electron chi connectivity index (χ2n) is 8.72. The maximum atomic E-state index is 13.7. The van der Waals surface area contributed by atoms with E-state index in [9.17, 15) is 9.59 Å². The number of hydrogen-bond acceptors (Lipinski definition) is 5. The number of imide groups is 1. The number of benzene rings is 2. The van der Waals surface area contributed by atoms with Gasteiger partial charge in [-0.3, -0.25) is 9.59 Å². The zero-order valence-electron chi connectivity index (χ0n) is 19.1. The molecule has 6 nitrogen and oxygen atoms in total. The highest BCUT2D eigenvalue weighted by molar-refractivity contribution is 6.45. The molecule has 2 aromatic carbocycles. The van der Waals surface area contributed by atoms with Crippen molar-refractivity contribution < 1.29 is 19.1 Å². The molecule has 0 aromatic heterocycles. The molecule has 2 amide bonds. The number of piperidine rings is 1. The van der Waals surface area contributed by atoms with E-state index in [1.165, 1.54) is 4.90 Å². The molecule has 0 saturated carbocycles. The van der Waals surface area contributed by atoms with Gasteiger partial charge in [0.25, 0.3) is 11.8 Å². The van der Waals surface area contributed by atoms with Crippen LogP contribution in [0.3, 0.4) is 0 Å². The van der Waals surface area contributed by atoms with Crippen LogP contribution in [-0.2, 0) is 9.59 Å². The van der Waals surface area contributed by atoms with Gasteiger partial charge < -0.3 is 14.4 Å². The quantitative estimate of drug-likeness (QED) is 0.627. The third kappa shape index (κ3) is 4.09. The van der Waals surface area contributed by atoms with Crippen LogP contribution in [0.1, 0.15) is 39.2 Å². The van der Waals surface area contributed by atoms with Gasteiger partial charge in [0, 0.05) is 18.7 Å². The summed E-state index contributed by atoms with van der Waals surface area (Å²) in [6.07, 6.45) is 2.16. The number of carbonyl (C=O) groups excluding carboxylic acids is 2. The van der Waals surface area contributed by atoms with E-state index in [0.717, 1.165) is 25.9 Å². The molecule has 4 rings (SSSR count). The first-order valence-electron chi connectivity index (χ1n) is 11.2. The van der Waals surface area contributed by atoms with E-state index in [0.29, 0.717) is 39.9 Å². The van der Waals surface area contributed by atoms with Crippen molar-refractivity contribution in [2.24, 2.45) is 5.92 Å². The molecule has 0 spiro atoms. The second-order valence-corrected chi connectivity index (χ2v) is 8.72. The van der Waals surface area contributed by atoms with E-state index in [2.05, 4.69) is 11.8 Å². The van der Waals surface area contributed by atoms with Crippen molar-refractivity contribution in [1.82, 2.24) is 4.90 Å². The van der Waals surface area contributed by atoms with Crippen LogP contribution in [0.25, 0.3) is 5.57 Å². The summed E-state index contributed by atoms with van der Waals surface area (Å²) >= 11 is 0. The van der Waals surface area contributed by atoms with Gasteiger partial charge in [-0.25, -0.2) is 4.90 Å². The topological polar surface area (TPSA) is 59.1 Å². The molecule has 6 heteroatoms. The number of anilines is 1. The van der Waals surface area contributed by atoms with Gasteiger partial charge in [-0.1, -0.05) is 25.1 Å². The lowest BCUT2D eigenvalue weighted by Gasteiger charge is -2.33. The van der Waals surface area contributed by atoms with Crippen molar-refractivity contribution in [2.45, 2.75) is 39.7 Å². The van der Waals surface area contributed by atoms with Crippen LogP contribution >= 0.6 is 0 Å². The van der Waals surface area contributed by atoms with Gasteiger partial charge in [0.15, 0.2) is 0 Å². The maximum Gasteiger partial charge on any atom is 0.282 e. The molecular weight excluding hydrogens is 404 g/mol. The lowest BCUT2D eigenvalue weighted by molar-refractivity contribution is -0.120. The highest BCUT2D eigenvalue weighted by Crippen LogP contribution is 2.39. The summed E-state index contributed by atoms with van der Waals surface area (Å²) in [5.41, 5.74) is 2.05. The molecule has 0 N–H and O–H groups in total. The molecule has 0 aliphatic carbocycles. The summed E-state index contributed by atoms with van der Waals surface area (Å²) in [5, 5.41) is 0. The number of hydrogen-bond donors (Lipinski definition) is 0. The van der Waals surface area contributed by atoms with E-state index in [-0.39, 0.29) is 17.9 Å². The van der Waals surface area contributed by atoms with E-state index < -0.39 is 0 Å². The summed E-state index contributed by atoms with van der Waals surface area (Å²) < 4.78 is 11.3. The summed E-state index contributed by atoms with van der Waals surface area (Å²) in [6, 6.07) is 14.5. The van der Waals surface area contributed by atoms with Crippen molar-refractivity contribution in [1.29, 1.82) is 0 Å². The molecule has 0 bridgehead atoms. The number of amides is 2. The smallest absolute Gasteiger partial charge is 0.282 e. The van der Waals surface area contributed by atoms with Crippen LogP contribution < -0.4 is 14.4 Å². The minimum Gasteiger partial charge on any atom is -0.496 e. The largest absolute Gasteiger partial charge is 0.496 e. The van der Waals surface area contributed by atoms with Crippen LogP contribution in [0.5, 0.6) is 11.5 Å². The Kier molecular flexibility index (Phi) is 6.21. The van der Waals surface area contributed by atoms with Crippen LogP contribution in [-0.4, -0.2) is 43.0 Å². The maximum absolute atomic E-state index is 13.7. The zero-order valence-corrected chi connectivity index (χ0v) is 19.1. The Morgan fingerprint density at radius 2 is 1.72 bits per heavy atom. The molecule has 2 aromatic rings. The van der Waals surface area contributed by atoms with Crippen molar-refractivity contribution in [2.75, 3.05) is 25.1 Å². The van der Waals surface area contributed by atoms with Crippen molar-refractivity contribution in [3.63, 3.8) is 0 Å². The predicted molar refractivity (Wildman–Crippen MR) is 125 cm³/mol. The highest BCUT2D eigenvalue weighted by atomic mass is 16.5. The monoisotopic (exact) mass is 434 g/mol. The molecule has 1 unspecified atom stereocenters. The average molecular weight is 435 g/mol. The fourth-order valence-corrected chi connectivity index (χ4v) is 4.48. The Labute approximate surface area is 189 Å². The molecule has 1 fully saturated rings. The van der Waals surface area contributed by atoms with Crippen molar-refractivity contribution in [3.05, 3.63) is 59.8 Å². The Bertz CT molecular complexity index is 1040. The first-order valence-corrected chi connectivity index (χ1v) is 11.2. The first-order chi connectivity index (χ1) is 15.4. The van der Waals surface area contributed by atoms with Gasteiger partial charge in [0.2, 0.25) is 0 Å². The van der Waals surface area contributed by atoms with Crippen molar-refractivity contribution >= 4 is 23.1 Å². The first kappa shape index (κ1) is 21.9. The molecule has 1 atom stereocenters. The van der Waals surface area contributed by atoms with Gasteiger partial charge in [0.1, 0.15) is 17.2 Å². The summed E-state index contributed by atoms with van der Waals surface area (Å²) in [6.45, 7) is 7.60. The van der Waals surface area contributed by atoms with Gasteiger partial charge in [0.05, 0.1) is 24.5 Å². The Balaban J connectivity index is 1.78. The van der Waals surface area contributed by atoms with Crippen LogP contribution in [0, 0.1) is 5.92 Å². The minimum absolute atomic E-state index is 0.0439. The molecule has 2 aliphatic heterocycles. The molecule has 32 heavy (non-hydrogen) atoms. The fraction of sp³-hybridized carbons (Fsp3) is 0.385. The van der Waals surface area contributed by atoms with Crippen molar-refractivity contribution in [3.8, 4) is 11.5 Å². The third-order valence-electron chi connectivity index (χ3n) is 5.88. The molecule has 2 heterocycles. The minimum atomic E-state index is -0.328. The normalized spacial score (nSPS) is 19.2. The Hall–Kier alpha value is -3.28. The van der Waals surface area contributed by atoms with Gasteiger partial charge >= 0.3 is 0 Å². The number of ether oxygens (including phenoxy) is 2. The second kappa shape index (κ2) is 9.07. The van der Waals surface area contributed by atoms with E-state index in [4.69, 9.17) is 9.47 Å². The molecule has 2 aliphatic rings. The molecular formula is C26H30N2O4. The van der Waals surface area contributed by atoms with E-state index in [1.54, 1.807) is 31.4 Å². The number of nitrogens with zero attached hydrogens (tertiary/aromatic N) is 2. The zero-order chi connectivity index (χ0) is 22.8. The summed E-state index contributed by atoms with van der Waals surface area (Å²) in [5.74, 6) is 1.12. The lowest BCUT2D eigenvalue weighted by atomic mass is 9.97. The average Bonchev–Trinajstić information content (AvgIpc) is 3.04. The van der Waals surface area contributed by atoms with Gasteiger partial charge in [-0.05, 0) is 62.9 Å².